The fourth-order valence-corrected chi connectivity index (χ4v) is 3.91. The fourth-order valence-electron chi connectivity index (χ4n) is 3.91. The lowest BCUT2D eigenvalue weighted by molar-refractivity contribution is -1.03. The molecule has 0 bridgehead atoms. The Hall–Kier alpha value is -1.31. The van der Waals surface area contributed by atoms with Gasteiger partial charge in [0, 0.05) is 13.0 Å². The molecule has 2 aliphatic heterocycles. The van der Waals surface area contributed by atoms with E-state index in [0.29, 0.717) is 6.04 Å². The van der Waals surface area contributed by atoms with Crippen LogP contribution in [0.4, 0.5) is 0 Å². The van der Waals surface area contributed by atoms with E-state index in [-0.39, 0.29) is 6.10 Å². The zero-order chi connectivity index (χ0) is 16.1. The van der Waals surface area contributed by atoms with Crippen LogP contribution in [0.5, 0.6) is 0 Å². The van der Waals surface area contributed by atoms with E-state index in [9.17, 15) is 0 Å². The van der Waals surface area contributed by atoms with Gasteiger partial charge in [0.1, 0.15) is 32.2 Å². The molecule has 0 unspecified atom stereocenters. The van der Waals surface area contributed by atoms with Gasteiger partial charge in [0.25, 0.3) is 0 Å². The summed E-state index contributed by atoms with van der Waals surface area (Å²) >= 11 is 0. The van der Waals surface area contributed by atoms with Crippen molar-refractivity contribution in [2.45, 2.75) is 44.9 Å². The molecule has 1 aromatic heterocycles. The molecule has 7 nitrogen and oxygen atoms in total. The van der Waals surface area contributed by atoms with Crippen LogP contribution in [0.1, 0.15) is 38.1 Å². The molecule has 0 saturated carbocycles. The minimum Gasteiger partial charge on any atom is -0.376 e. The van der Waals surface area contributed by atoms with Gasteiger partial charge in [-0.3, -0.25) is 0 Å². The Morgan fingerprint density at radius 2 is 2.22 bits per heavy atom. The molecule has 2 atom stereocenters. The van der Waals surface area contributed by atoms with E-state index in [1.54, 1.807) is 9.80 Å². The minimum absolute atomic E-state index is 0.277. The second kappa shape index (κ2) is 7.99. The Kier molecular flexibility index (Phi) is 5.75. The van der Waals surface area contributed by atoms with E-state index in [4.69, 9.17) is 4.74 Å². The average Bonchev–Trinajstić information content (AvgIpc) is 3.23. The number of nitrogens with zero attached hydrogens (tertiary/aromatic N) is 4. The van der Waals surface area contributed by atoms with Crippen molar-refractivity contribution in [1.29, 1.82) is 0 Å². The average molecular weight is 322 g/mol. The molecule has 23 heavy (non-hydrogen) atoms. The number of quaternary nitrogens is 2. The van der Waals surface area contributed by atoms with Crippen LogP contribution in [-0.2, 0) is 11.3 Å². The van der Waals surface area contributed by atoms with Crippen molar-refractivity contribution in [3.8, 4) is 0 Å². The van der Waals surface area contributed by atoms with Gasteiger partial charge in [-0.05, 0) is 29.3 Å². The van der Waals surface area contributed by atoms with E-state index < -0.39 is 0 Å². The maximum atomic E-state index is 5.75. The molecule has 3 heterocycles. The number of hydrogen-bond acceptors (Lipinski definition) is 4. The number of aromatic nitrogens is 4. The lowest BCUT2D eigenvalue weighted by Gasteiger charge is -2.33. The lowest BCUT2D eigenvalue weighted by Crippen LogP contribution is -3.28. The van der Waals surface area contributed by atoms with Crippen molar-refractivity contribution in [3.63, 3.8) is 0 Å². The summed E-state index contributed by atoms with van der Waals surface area (Å²) in [6.45, 7) is 13.6. The van der Waals surface area contributed by atoms with Gasteiger partial charge < -0.3 is 14.5 Å². The second-order valence-corrected chi connectivity index (χ2v) is 6.72. The van der Waals surface area contributed by atoms with Crippen LogP contribution in [0.25, 0.3) is 0 Å². The predicted octanol–water partition coefficient (Wildman–Crippen LogP) is -1.73. The minimum atomic E-state index is 0.277. The first-order valence-electron chi connectivity index (χ1n) is 8.98. The predicted molar refractivity (Wildman–Crippen MR) is 86.3 cm³/mol. The van der Waals surface area contributed by atoms with E-state index in [2.05, 4.69) is 29.0 Å². The van der Waals surface area contributed by atoms with Gasteiger partial charge >= 0.3 is 0 Å². The third-order valence-electron chi connectivity index (χ3n) is 5.21. The Morgan fingerprint density at radius 3 is 2.87 bits per heavy atom. The molecular formula is C16H30N6O+2. The monoisotopic (exact) mass is 322 g/mol. The Morgan fingerprint density at radius 1 is 1.39 bits per heavy atom. The summed E-state index contributed by atoms with van der Waals surface area (Å²) in [5.74, 6) is 1.03. The highest BCUT2D eigenvalue weighted by Gasteiger charge is 2.33. The first kappa shape index (κ1) is 16.5. The highest BCUT2D eigenvalue weighted by Crippen LogP contribution is 2.16. The molecule has 0 aliphatic carbocycles. The van der Waals surface area contributed by atoms with Crippen molar-refractivity contribution < 1.29 is 14.5 Å². The summed E-state index contributed by atoms with van der Waals surface area (Å²) in [5, 5.41) is 12.5. The van der Waals surface area contributed by atoms with Crippen LogP contribution in [0.2, 0.25) is 0 Å². The number of piperazine rings is 1. The summed E-state index contributed by atoms with van der Waals surface area (Å²) < 4.78 is 7.73. The quantitative estimate of drug-likeness (QED) is 0.586. The molecule has 0 spiro atoms. The normalized spacial score (nSPS) is 29.5. The SMILES string of the molecule is C=CC[NH+]1CC[NH+]([C@@H](CC)c2nnnn2C[C@H]2CCCO2)CC1. The van der Waals surface area contributed by atoms with Crippen LogP contribution >= 0.6 is 0 Å². The largest absolute Gasteiger partial charge is 0.376 e. The summed E-state index contributed by atoms with van der Waals surface area (Å²) in [7, 11) is 0. The molecule has 7 heteroatoms. The zero-order valence-electron chi connectivity index (χ0n) is 14.2. The fraction of sp³-hybridized carbons (Fsp3) is 0.812. The van der Waals surface area contributed by atoms with Crippen LogP contribution in [0.3, 0.4) is 0 Å². The summed E-state index contributed by atoms with van der Waals surface area (Å²) in [5.41, 5.74) is 0. The molecule has 0 aromatic carbocycles. The summed E-state index contributed by atoms with van der Waals surface area (Å²) in [6, 6.07) is 0.386. The molecule has 1 aromatic rings. The van der Waals surface area contributed by atoms with Gasteiger partial charge in [0.05, 0.1) is 19.2 Å². The van der Waals surface area contributed by atoms with Gasteiger partial charge in [-0.25, -0.2) is 4.68 Å². The van der Waals surface area contributed by atoms with E-state index in [0.717, 1.165) is 44.8 Å². The highest BCUT2D eigenvalue weighted by molar-refractivity contribution is 4.88. The molecule has 2 aliphatic rings. The second-order valence-electron chi connectivity index (χ2n) is 6.72. The third kappa shape index (κ3) is 3.97. The van der Waals surface area contributed by atoms with E-state index >= 15 is 0 Å². The lowest BCUT2D eigenvalue weighted by atomic mass is 10.1. The van der Waals surface area contributed by atoms with Gasteiger partial charge in [-0.1, -0.05) is 13.5 Å². The van der Waals surface area contributed by atoms with Gasteiger partial charge in [0.2, 0.25) is 5.82 Å². The summed E-state index contributed by atoms with van der Waals surface area (Å²) in [6.07, 6.45) is 5.64. The van der Waals surface area contributed by atoms with Gasteiger partial charge in [-0.15, -0.1) is 5.10 Å². The van der Waals surface area contributed by atoms with Gasteiger partial charge in [0.15, 0.2) is 0 Å². The smallest absolute Gasteiger partial charge is 0.209 e. The molecule has 0 amide bonds. The number of rotatable bonds is 7. The number of nitrogens with one attached hydrogen (secondary N) is 2. The number of hydrogen-bond donors (Lipinski definition) is 2. The van der Waals surface area contributed by atoms with Crippen LogP contribution in [-0.4, -0.2) is 65.6 Å². The standard InChI is InChI=1S/C16H28N6O/c1-3-7-20-8-10-21(11-9-20)15(4-2)16-17-18-19-22(16)13-14-6-5-12-23-14/h3,14-15H,1,4-13H2,2H3/p+2/t14-,15+/m1/s1. The van der Waals surface area contributed by atoms with Crippen molar-refractivity contribution >= 4 is 0 Å². The Labute approximate surface area is 138 Å². The first-order valence-corrected chi connectivity index (χ1v) is 8.98. The third-order valence-corrected chi connectivity index (χ3v) is 5.21. The molecule has 3 rings (SSSR count). The maximum absolute atomic E-state index is 5.75. The molecular weight excluding hydrogens is 292 g/mol. The first-order chi connectivity index (χ1) is 11.3. The van der Waals surface area contributed by atoms with Gasteiger partial charge in [-0.2, -0.15) is 0 Å². The van der Waals surface area contributed by atoms with Crippen LogP contribution < -0.4 is 9.80 Å². The van der Waals surface area contributed by atoms with Crippen molar-refractivity contribution in [3.05, 3.63) is 18.5 Å². The summed E-state index contributed by atoms with van der Waals surface area (Å²) in [4.78, 5) is 3.25. The molecule has 2 saturated heterocycles. The molecule has 128 valence electrons. The van der Waals surface area contributed by atoms with Crippen molar-refractivity contribution in [2.75, 3.05) is 39.3 Å². The number of ether oxygens (including phenoxy) is 1. The van der Waals surface area contributed by atoms with Crippen LogP contribution in [0.15, 0.2) is 12.7 Å². The molecule has 2 N–H and O–H groups in total. The Balaban J connectivity index is 1.64. The maximum Gasteiger partial charge on any atom is 0.209 e. The highest BCUT2D eigenvalue weighted by atomic mass is 16.5. The molecule has 2 fully saturated rings. The zero-order valence-corrected chi connectivity index (χ0v) is 14.2. The van der Waals surface area contributed by atoms with E-state index in [1.807, 2.05) is 10.8 Å². The van der Waals surface area contributed by atoms with Crippen LogP contribution in [0, 0.1) is 0 Å². The number of tetrazole rings is 1. The molecule has 0 radical (unpaired) electrons. The topological polar surface area (TPSA) is 61.7 Å². The van der Waals surface area contributed by atoms with E-state index in [1.165, 1.54) is 26.2 Å². The van der Waals surface area contributed by atoms with Crippen molar-refractivity contribution in [1.82, 2.24) is 20.2 Å². The Bertz CT molecular complexity index is 491. The van der Waals surface area contributed by atoms with Crippen molar-refractivity contribution in [2.24, 2.45) is 0 Å².